The van der Waals surface area contributed by atoms with Gasteiger partial charge in [-0.25, -0.2) is 4.57 Å². The summed E-state index contributed by atoms with van der Waals surface area (Å²) in [5, 5.41) is 16.1. The molecule has 0 radical (unpaired) electrons. The third-order valence-corrected chi connectivity index (χ3v) is 3.18. The summed E-state index contributed by atoms with van der Waals surface area (Å²) in [4.78, 5) is 21.6. The summed E-state index contributed by atoms with van der Waals surface area (Å²) in [5.41, 5.74) is 0.750. The predicted octanol–water partition coefficient (Wildman–Crippen LogP) is 2.05. The molecule has 21 heavy (non-hydrogen) atoms. The third kappa shape index (κ3) is 8.85. The van der Waals surface area contributed by atoms with E-state index in [9.17, 15) is 5.11 Å². The maximum absolute atomic E-state index is 9.63. The number of halogens is 1. The van der Waals surface area contributed by atoms with Gasteiger partial charge in [0.05, 0.1) is 6.21 Å². The molecule has 7 nitrogen and oxygen atoms in total. The summed E-state index contributed by atoms with van der Waals surface area (Å²) < 4.78 is 9.83. The van der Waals surface area contributed by atoms with E-state index in [1.165, 1.54) is 19.3 Å². The van der Waals surface area contributed by atoms with Crippen molar-refractivity contribution in [3.63, 3.8) is 0 Å². The van der Waals surface area contributed by atoms with Gasteiger partial charge >= 0.3 is 7.82 Å². The van der Waals surface area contributed by atoms with Crippen LogP contribution in [0.2, 0.25) is 0 Å². The summed E-state index contributed by atoms with van der Waals surface area (Å²) in [6.45, 7) is 2.04. The Bertz CT molecular complexity index is 520. The van der Waals surface area contributed by atoms with Crippen LogP contribution in [0.5, 0.6) is 5.75 Å². The Labute approximate surface area is 131 Å². The Morgan fingerprint density at radius 2 is 1.76 bits per heavy atom. The second kappa shape index (κ2) is 8.51. The van der Waals surface area contributed by atoms with Crippen molar-refractivity contribution in [3.05, 3.63) is 28.2 Å². The second-order valence-corrected chi connectivity index (χ2v) is 6.42. The zero-order valence-corrected chi connectivity index (χ0v) is 13.7. The van der Waals surface area contributed by atoms with E-state index in [1.807, 2.05) is 12.1 Å². The largest absolute Gasteiger partial charge is 0.507 e. The van der Waals surface area contributed by atoms with Crippen LogP contribution in [-0.2, 0) is 4.57 Å². The summed E-state index contributed by atoms with van der Waals surface area (Å²) in [5.74, 6) is 0.268. The number of phenolic OH excluding ortho intramolecular Hbond substituents is 1. The molecular formula is C12H18BrN2O5P. The lowest BCUT2D eigenvalue weighted by Crippen LogP contribution is -2.24. The molecule has 0 amide bonds. The minimum Gasteiger partial charge on any atom is -0.507 e. The van der Waals surface area contributed by atoms with Crippen molar-refractivity contribution in [2.45, 2.75) is 19.3 Å². The van der Waals surface area contributed by atoms with Crippen LogP contribution in [0.15, 0.2) is 27.8 Å². The van der Waals surface area contributed by atoms with Crippen molar-refractivity contribution in [2.24, 2.45) is 5.10 Å². The highest BCUT2D eigenvalue weighted by atomic mass is 79.9. The molecule has 1 aromatic rings. The molecule has 1 aliphatic heterocycles. The van der Waals surface area contributed by atoms with E-state index in [1.54, 1.807) is 12.3 Å². The van der Waals surface area contributed by atoms with E-state index < -0.39 is 7.82 Å². The number of aromatic hydroxyl groups is 1. The maximum Gasteiger partial charge on any atom is 0.466 e. The molecule has 0 spiro atoms. The molecule has 1 aromatic carbocycles. The molecule has 1 saturated heterocycles. The van der Waals surface area contributed by atoms with E-state index in [0.717, 1.165) is 23.1 Å². The normalized spacial score (nSPS) is 15.7. The quantitative estimate of drug-likeness (QED) is 0.461. The van der Waals surface area contributed by atoms with Gasteiger partial charge < -0.3 is 19.8 Å². The lowest BCUT2D eigenvalue weighted by atomic mass is 10.2. The SMILES string of the molecule is O=P(O)(O)O.Oc1ccc(Br)cc1/C=N/N1CCCCC1. The van der Waals surface area contributed by atoms with Gasteiger partial charge in [0.25, 0.3) is 0 Å². The van der Waals surface area contributed by atoms with Gasteiger partial charge in [0.15, 0.2) is 0 Å². The summed E-state index contributed by atoms with van der Waals surface area (Å²) in [6, 6.07) is 5.35. The summed E-state index contributed by atoms with van der Waals surface area (Å²) in [6.07, 6.45) is 5.45. The molecule has 1 fully saturated rings. The van der Waals surface area contributed by atoms with Gasteiger partial charge in [-0.1, -0.05) is 15.9 Å². The van der Waals surface area contributed by atoms with E-state index in [4.69, 9.17) is 19.2 Å². The van der Waals surface area contributed by atoms with Crippen molar-refractivity contribution in [1.82, 2.24) is 5.01 Å². The molecule has 1 heterocycles. The molecule has 4 N–H and O–H groups in total. The third-order valence-electron chi connectivity index (χ3n) is 2.68. The Balaban J connectivity index is 0.000000383. The van der Waals surface area contributed by atoms with Crippen molar-refractivity contribution in [3.8, 4) is 5.75 Å². The van der Waals surface area contributed by atoms with Gasteiger partial charge in [-0.05, 0) is 37.5 Å². The lowest BCUT2D eigenvalue weighted by Gasteiger charge is -2.23. The smallest absolute Gasteiger partial charge is 0.466 e. The fourth-order valence-electron chi connectivity index (χ4n) is 1.77. The van der Waals surface area contributed by atoms with E-state index in [-0.39, 0.29) is 5.75 Å². The zero-order chi connectivity index (χ0) is 15.9. The second-order valence-electron chi connectivity index (χ2n) is 4.48. The number of phosphoric acid groups is 1. The zero-order valence-electron chi connectivity index (χ0n) is 11.3. The minimum absolute atomic E-state index is 0.268. The molecule has 0 unspecified atom stereocenters. The number of benzene rings is 1. The average molecular weight is 381 g/mol. The summed E-state index contributed by atoms with van der Waals surface area (Å²) >= 11 is 3.38. The number of hydrogen-bond donors (Lipinski definition) is 4. The van der Waals surface area contributed by atoms with Gasteiger partial charge in [-0.15, -0.1) is 0 Å². The first-order valence-electron chi connectivity index (χ1n) is 6.31. The number of hydrazone groups is 1. The van der Waals surface area contributed by atoms with Crippen LogP contribution >= 0.6 is 23.8 Å². The molecule has 0 bridgehead atoms. The Morgan fingerprint density at radius 1 is 1.19 bits per heavy atom. The fraction of sp³-hybridized carbons (Fsp3) is 0.417. The molecule has 118 valence electrons. The molecule has 1 aliphatic rings. The highest BCUT2D eigenvalue weighted by Gasteiger charge is 2.06. The first-order valence-corrected chi connectivity index (χ1v) is 8.67. The topological polar surface area (TPSA) is 114 Å². The van der Waals surface area contributed by atoms with Gasteiger partial charge in [0.2, 0.25) is 0 Å². The van der Waals surface area contributed by atoms with Crippen molar-refractivity contribution in [1.29, 1.82) is 0 Å². The van der Waals surface area contributed by atoms with E-state index >= 15 is 0 Å². The minimum atomic E-state index is -4.64. The summed E-state index contributed by atoms with van der Waals surface area (Å²) in [7, 11) is -4.64. The molecular weight excluding hydrogens is 363 g/mol. The van der Waals surface area contributed by atoms with E-state index in [0.29, 0.717) is 0 Å². The average Bonchev–Trinajstić information content (AvgIpc) is 2.39. The maximum atomic E-state index is 9.63. The first kappa shape index (κ1) is 18.1. The highest BCUT2D eigenvalue weighted by molar-refractivity contribution is 9.10. The van der Waals surface area contributed by atoms with Crippen LogP contribution in [-0.4, -0.2) is 44.1 Å². The van der Waals surface area contributed by atoms with Crippen LogP contribution in [0.4, 0.5) is 0 Å². The number of phenols is 1. The molecule has 0 aliphatic carbocycles. The van der Waals surface area contributed by atoms with Crippen LogP contribution < -0.4 is 0 Å². The molecule has 0 atom stereocenters. The van der Waals surface area contributed by atoms with Crippen LogP contribution in [0.25, 0.3) is 0 Å². The molecule has 9 heteroatoms. The van der Waals surface area contributed by atoms with Crippen LogP contribution in [0.1, 0.15) is 24.8 Å². The predicted molar refractivity (Wildman–Crippen MR) is 83.1 cm³/mol. The van der Waals surface area contributed by atoms with Crippen LogP contribution in [0.3, 0.4) is 0 Å². The van der Waals surface area contributed by atoms with Gasteiger partial charge in [0.1, 0.15) is 5.75 Å². The van der Waals surface area contributed by atoms with Gasteiger partial charge in [0, 0.05) is 23.1 Å². The molecule has 0 aromatic heterocycles. The number of rotatable bonds is 2. The molecule has 0 saturated carbocycles. The van der Waals surface area contributed by atoms with Crippen molar-refractivity contribution in [2.75, 3.05) is 13.1 Å². The van der Waals surface area contributed by atoms with E-state index in [2.05, 4.69) is 26.0 Å². The highest BCUT2D eigenvalue weighted by Crippen LogP contribution is 2.25. The van der Waals surface area contributed by atoms with Gasteiger partial charge in [-0.3, -0.25) is 5.01 Å². The van der Waals surface area contributed by atoms with Crippen molar-refractivity contribution >= 4 is 30.0 Å². The number of nitrogens with zero attached hydrogens (tertiary/aromatic N) is 2. The standard InChI is InChI=1S/C12H15BrN2O.H3O4P/c13-11-4-5-12(16)10(8-11)9-14-15-6-2-1-3-7-15;1-5(2,3)4/h4-5,8-9,16H,1-3,6-7H2;(H3,1,2,3,4)/b14-9+;. The molecule has 2 rings (SSSR count). The Morgan fingerprint density at radius 3 is 2.33 bits per heavy atom. The fourth-order valence-corrected chi connectivity index (χ4v) is 2.14. The lowest BCUT2D eigenvalue weighted by molar-refractivity contribution is 0.240. The monoisotopic (exact) mass is 380 g/mol. The van der Waals surface area contributed by atoms with Crippen LogP contribution in [0, 0.1) is 0 Å². The van der Waals surface area contributed by atoms with Gasteiger partial charge in [-0.2, -0.15) is 5.10 Å². The Hall–Kier alpha value is -0.920. The van der Waals surface area contributed by atoms with Crippen molar-refractivity contribution < 1.29 is 24.4 Å². The Kier molecular flexibility index (Phi) is 7.34. The number of hydrogen-bond acceptors (Lipinski definition) is 4. The first-order chi connectivity index (χ1) is 9.75. The number of piperidine rings is 1.